The SMILES string of the molecule is CCC(CC)N(C)CC(C)C(N)c1ccccc1. The maximum absolute atomic E-state index is 6.34. The molecule has 0 fully saturated rings. The molecule has 0 aliphatic carbocycles. The third-order valence-electron chi connectivity index (χ3n) is 3.94. The molecule has 2 nitrogen and oxygen atoms in total. The van der Waals surface area contributed by atoms with Crippen LogP contribution in [0.15, 0.2) is 30.3 Å². The van der Waals surface area contributed by atoms with Crippen molar-refractivity contribution in [3.63, 3.8) is 0 Å². The lowest BCUT2D eigenvalue weighted by Crippen LogP contribution is -2.37. The van der Waals surface area contributed by atoms with Crippen molar-refractivity contribution in [1.82, 2.24) is 4.90 Å². The lowest BCUT2D eigenvalue weighted by atomic mass is 9.94. The Kier molecular flexibility index (Phi) is 6.37. The molecule has 1 aromatic carbocycles. The molecule has 0 saturated carbocycles. The lowest BCUT2D eigenvalue weighted by molar-refractivity contribution is 0.190. The Morgan fingerprint density at radius 3 is 2.17 bits per heavy atom. The van der Waals surface area contributed by atoms with Crippen LogP contribution in [0.1, 0.15) is 45.2 Å². The normalized spacial score (nSPS) is 15.1. The summed E-state index contributed by atoms with van der Waals surface area (Å²) in [5.41, 5.74) is 7.58. The summed E-state index contributed by atoms with van der Waals surface area (Å²) in [5.74, 6) is 0.470. The molecule has 1 rings (SSSR count). The van der Waals surface area contributed by atoms with Crippen LogP contribution in [0.25, 0.3) is 0 Å². The van der Waals surface area contributed by atoms with Gasteiger partial charge in [-0.05, 0) is 31.4 Å². The average molecular weight is 248 g/mol. The minimum Gasteiger partial charge on any atom is -0.324 e. The van der Waals surface area contributed by atoms with Crippen LogP contribution >= 0.6 is 0 Å². The molecule has 0 heterocycles. The molecule has 2 unspecified atom stereocenters. The zero-order valence-electron chi connectivity index (χ0n) is 12.3. The van der Waals surface area contributed by atoms with Gasteiger partial charge in [0.2, 0.25) is 0 Å². The van der Waals surface area contributed by atoms with Crippen LogP contribution in [0.5, 0.6) is 0 Å². The molecule has 18 heavy (non-hydrogen) atoms. The summed E-state index contributed by atoms with van der Waals surface area (Å²) in [7, 11) is 2.21. The Labute approximate surface area is 112 Å². The third kappa shape index (κ3) is 4.11. The van der Waals surface area contributed by atoms with Crippen molar-refractivity contribution in [2.45, 2.75) is 45.7 Å². The van der Waals surface area contributed by atoms with Gasteiger partial charge in [-0.15, -0.1) is 0 Å². The minimum absolute atomic E-state index is 0.128. The van der Waals surface area contributed by atoms with Crippen molar-refractivity contribution in [2.24, 2.45) is 11.7 Å². The van der Waals surface area contributed by atoms with Crippen LogP contribution in [0.3, 0.4) is 0 Å². The van der Waals surface area contributed by atoms with Crippen LogP contribution in [-0.4, -0.2) is 24.5 Å². The van der Waals surface area contributed by atoms with E-state index in [1.54, 1.807) is 0 Å². The van der Waals surface area contributed by atoms with Gasteiger partial charge in [0.05, 0.1) is 0 Å². The fraction of sp³-hybridized carbons (Fsp3) is 0.625. The smallest absolute Gasteiger partial charge is 0.0333 e. The Hall–Kier alpha value is -0.860. The summed E-state index contributed by atoms with van der Waals surface area (Å²) in [6.45, 7) is 7.82. The van der Waals surface area contributed by atoms with Gasteiger partial charge < -0.3 is 10.6 Å². The summed E-state index contributed by atoms with van der Waals surface area (Å²) in [4.78, 5) is 2.45. The highest BCUT2D eigenvalue weighted by Crippen LogP contribution is 2.21. The number of rotatable bonds is 7. The molecular formula is C16H28N2. The first kappa shape index (κ1) is 15.2. The maximum Gasteiger partial charge on any atom is 0.0333 e. The lowest BCUT2D eigenvalue weighted by Gasteiger charge is -2.31. The molecule has 0 saturated heterocycles. The third-order valence-corrected chi connectivity index (χ3v) is 3.94. The fourth-order valence-corrected chi connectivity index (χ4v) is 2.63. The molecule has 0 aliphatic rings. The highest BCUT2D eigenvalue weighted by Gasteiger charge is 2.19. The molecule has 2 heteroatoms. The van der Waals surface area contributed by atoms with Gasteiger partial charge in [0.15, 0.2) is 0 Å². The van der Waals surface area contributed by atoms with Crippen molar-refractivity contribution >= 4 is 0 Å². The molecule has 1 aromatic rings. The van der Waals surface area contributed by atoms with Gasteiger partial charge >= 0.3 is 0 Å². The zero-order chi connectivity index (χ0) is 13.5. The van der Waals surface area contributed by atoms with Gasteiger partial charge in [0, 0.05) is 18.6 Å². The van der Waals surface area contributed by atoms with Crippen molar-refractivity contribution in [3.8, 4) is 0 Å². The number of nitrogens with two attached hydrogens (primary N) is 1. The standard InChI is InChI=1S/C16H28N2/c1-5-15(6-2)18(4)12-13(3)16(17)14-10-8-7-9-11-14/h7-11,13,15-16H,5-6,12,17H2,1-4H3. The van der Waals surface area contributed by atoms with E-state index in [0.29, 0.717) is 12.0 Å². The van der Waals surface area contributed by atoms with Crippen molar-refractivity contribution in [3.05, 3.63) is 35.9 Å². The Balaban J connectivity index is 2.57. The number of nitrogens with zero attached hydrogens (tertiary/aromatic N) is 1. The molecule has 0 radical (unpaired) electrons. The highest BCUT2D eigenvalue weighted by molar-refractivity contribution is 5.19. The quantitative estimate of drug-likeness (QED) is 0.801. The largest absolute Gasteiger partial charge is 0.324 e. The van der Waals surface area contributed by atoms with Gasteiger partial charge in [-0.3, -0.25) is 0 Å². The van der Waals surface area contributed by atoms with Crippen molar-refractivity contribution in [1.29, 1.82) is 0 Å². The number of benzene rings is 1. The van der Waals surface area contributed by atoms with Crippen LogP contribution in [0.2, 0.25) is 0 Å². The molecule has 0 spiro atoms. The van der Waals surface area contributed by atoms with Gasteiger partial charge in [-0.1, -0.05) is 51.1 Å². The Morgan fingerprint density at radius 1 is 1.11 bits per heavy atom. The molecule has 2 N–H and O–H groups in total. The fourth-order valence-electron chi connectivity index (χ4n) is 2.63. The summed E-state index contributed by atoms with van der Waals surface area (Å²) < 4.78 is 0. The molecule has 102 valence electrons. The van der Waals surface area contributed by atoms with Gasteiger partial charge in [-0.2, -0.15) is 0 Å². The highest BCUT2D eigenvalue weighted by atomic mass is 15.1. The summed E-state index contributed by atoms with van der Waals surface area (Å²) in [6, 6.07) is 11.2. The van der Waals surface area contributed by atoms with Gasteiger partial charge in [0.1, 0.15) is 0 Å². The Bertz CT molecular complexity index is 319. The Morgan fingerprint density at radius 2 is 1.67 bits per heavy atom. The van der Waals surface area contributed by atoms with E-state index in [9.17, 15) is 0 Å². The van der Waals surface area contributed by atoms with Crippen LogP contribution < -0.4 is 5.73 Å². The van der Waals surface area contributed by atoms with Crippen LogP contribution in [0, 0.1) is 5.92 Å². The second-order valence-corrected chi connectivity index (χ2v) is 5.32. The first-order chi connectivity index (χ1) is 8.60. The van der Waals surface area contributed by atoms with E-state index in [-0.39, 0.29) is 6.04 Å². The van der Waals surface area contributed by atoms with E-state index >= 15 is 0 Å². The van der Waals surface area contributed by atoms with Crippen LogP contribution in [-0.2, 0) is 0 Å². The van der Waals surface area contributed by atoms with Crippen molar-refractivity contribution in [2.75, 3.05) is 13.6 Å². The predicted octanol–water partition coefficient (Wildman–Crippen LogP) is 3.44. The molecule has 0 aromatic heterocycles. The maximum atomic E-state index is 6.34. The summed E-state index contributed by atoms with van der Waals surface area (Å²) in [6.07, 6.45) is 2.42. The van der Waals surface area contributed by atoms with E-state index in [4.69, 9.17) is 5.73 Å². The molecule has 0 bridgehead atoms. The number of hydrogen-bond acceptors (Lipinski definition) is 2. The molecule has 0 amide bonds. The van der Waals surface area contributed by atoms with Gasteiger partial charge in [0.25, 0.3) is 0 Å². The molecular weight excluding hydrogens is 220 g/mol. The summed E-state index contributed by atoms with van der Waals surface area (Å²) >= 11 is 0. The molecule has 0 aliphatic heterocycles. The van der Waals surface area contributed by atoms with Crippen molar-refractivity contribution < 1.29 is 0 Å². The predicted molar refractivity (Wildman–Crippen MR) is 79.5 cm³/mol. The van der Waals surface area contributed by atoms with E-state index in [0.717, 1.165) is 6.54 Å². The molecule has 2 atom stereocenters. The average Bonchev–Trinajstić information content (AvgIpc) is 2.40. The zero-order valence-corrected chi connectivity index (χ0v) is 12.3. The van der Waals surface area contributed by atoms with E-state index in [1.807, 2.05) is 6.07 Å². The first-order valence-electron chi connectivity index (χ1n) is 7.10. The number of hydrogen-bond donors (Lipinski definition) is 1. The van der Waals surface area contributed by atoms with E-state index in [1.165, 1.54) is 18.4 Å². The van der Waals surface area contributed by atoms with E-state index < -0.39 is 0 Å². The van der Waals surface area contributed by atoms with Gasteiger partial charge in [-0.25, -0.2) is 0 Å². The second-order valence-electron chi connectivity index (χ2n) is 5.32. The monoisotopic (exact) mass is 248 g/mol. The second kappa shape index (κ2) is 7.55. The first-order valence-corrected chi connectivity index (χ1v) is 7.10. The minimum atomic E-state index is 0.128. The topological polar surface area (TPSA) is 29.3 Å². The van der Waals surface area contributed by atoms with Crippen LogP contribution in [0.4, 0.5) is 0 Å². The van der Waals surface area contributed by atoms with E-state index in [2.05, 4.69) is 57.0 Å². The summed E-state index contributed by atoms with van der Waals surface area (Å²) in [5, 5.41) is 0.